The van der Waals surface area contributed by atoms with E-state index in [1.807, 2.05) is 25.1 Å². The van der Waals surface area contributed by atoms with Crippen LogP contribution in [0.4, 0.5) is 5.82 Å². The minimum atomic E-state index is 0.372. The van der Waals surface area contributed by atoms with E-state index in [2.05, 4.69) is 54.1 Å². The Morgan fingerprint density at radius 2 is 1.97 bits per heavy atom. The molecule has 2 N–H and O–H groups in total. The van der Waals surface area contributed by atoms with Gasteiger partial charge in [-0.25, -0.2) is 9.97 Å². The lowest BCUT2D eigenvalue weighted by atomic mass is 10.2. The summed E-state index contributed by atoms with van der Waals surface area (Å²) in [5.41, 5.74) is 2.06. The molecule has 1 aliphatic heterocycles. The second kappa shape index (κ2) is 9.38. The highest BCUT2D eigenvalue weighted by atomic mass is 16.5. The summed E-state index contributed by atoms with van der Waals surface area (Å²) in [6.07, 6.45) is 2.59. The highest BCUT2D eigenvalue weighted by Gasteiger charge is 2.26. The molecule has 1 aliphatic rings. The fourth-order valence-electron chi connectivity index (χ4n) is 3.59. The normalized spacial score (nSPS) is 15.2. The molecular weight excluding hydrogens is 392 g/mol. The number of ether oxygens (including phenoxy) is 2. The zero-order valence-corrected chi connectivity index (χ0v) is 17.8. The smallest absolute Gasteiger partial charge is 0.162 e. The molecule has 0 saturated carbocycles. The molecule has 1 fully saturated rings. The maximum atomic E-state index is 5.33. The van der Waals surface area contributed by atoms with Crippen LogP contribution in [0.3, 0.4) is 0 Å². The highest BCUT2D eigenvalue weighted by molar-refractivity contribution is 5.91. The van der Waals surface area contributed by atoms with Gasteiger partial charge in [0.2, 0.25) is 0 Å². The van der Waals surface area contributed by atoms with Crippen molar-refractivity contribution in [2.45, 2.75) is 19.4 Å². The molecule has 8 nitrogen and oxygen atoms in total. The van der Waals surface area contributed by atoms with Crippen molar-refractivity contribution in [3.8, 4) is 35.2 Å². The first-order chi connectivity index (χ1) is 15.2. The number of hydrogen-bond donors (Lipinski definition) is 2. The molecule has 0 amide bonds. The standard InChI is InChI=1S/C23H24N6O2/c1-4-5-9-24-17-8-10-29(14-17)23-21-20(27-28-22(21)25-15-26-23)7-6-16-11-18(30-2)13-19(12-16)31-3/h11-13,15,17,24H,8-10,14H2,1-3H3,(H,25,26,27,28)/t17-/m1/s1. The third-order valence-corrected chi connectivity index (χ3v) is 5.16. The fraction of sp³-hybridized carbons (Fsp3) is 0.348. The van der Waals surface area contributed by atoms with Gasteiger partial charge in [-0.05, 0) is 31.4 Å². The molecular formula is C23H24N6O2. The lowest BCUT2D eigenvalue weighted by Gasteiger charge is -2.18. The summed E-state index contributed by atoms with van der Waals surface area (Å²) in [6.45, 7) is 4.29. The Balaban J connectivity index is 1.63. The minimum Gasteiger partial charge on any atom is -0.497 e. The summed E-state index contributed by atoms with van der Waals surface area (Å²) in [5.74, 6) is 14.5. The Hall–Kier alpha value is -3.75. The number of hydrogen-bond acceptors (Lipinski definition) is 7. The van der Waals surface area contributed by atoms with E-state index in [1.165, 1.54) is 0 Å². The molecule has 0 unspecified atom stereocenters. The molecule has 0 bridgehead atoms. The quantitative estimate of drug-likeness (QED) is 0.615. The second-order valence-electron chi connectivity index (χ2n) is 7.08. The number of methoxy groups -OCH3 is 2. The van der Waals surface area contributed by atoms with Gasteiger partial charge in [0, 0.05) is 30.8 Å². The lowest BCUT2D eigenvalue weighted by Crippen LogP contribution is -2.33. The molecule has 0 radical (unpaired) electrons. The maximum absolute atomic E-state index is 5.33. The largest absolute Gasteiger partial charge is 0.497 e. The van der Waals surface area contributed by atoms with Crippen LogP contribution in [0.25, 0.3) is 11.0 Å². The summed E-state index contributed by atoms with van der Waals surface area (Å²) < 4.78 is 10.7. The van der Waals surface area contributed by atoms with E-state index in [1.54, 1.807) is 20.5 Å². The van der Waals surface area contributed by atoms with Gasteiger partial charge in [-0.15, -0.1) is 5.92 Å². The van der Waals surface area contributed by atoms with Crippen molar-refractivity contribution in [3.05, 3.63) is 35.8 Å². The summed E-state index contributed by atoms with van der Waals surface area (Å²) in [6, 6.07) is 5.90. The van der Waals surface area contributed by atoms with Gasteiger partial charge in [-0.3, -0.25) is 5.10 Å². The second-order valence-corrected chi connectivity index (χ2v) is 7.08. The highest BCUT2D eigenvalue weighted by Crippen LogP contribution is 2.27. The van der Waals surface area contributed by atoms with Crippen molar-refractivity contribution in [1.82, 2.24) is 25.5 Å². The predicted octanol–water partition coefficient (Wildman–Crippen LogP) is 1.96. The molecule has 1 atom stereocenters. The van der Waals surface area contributed by atoms with Gasteiger partial charge in [-0.2, -0.15) is 5.10 Å². The third-order valence-electron chi connectivity index (χ3n) is 5.16. The number of fused-ring (bicyclic) bond motifs is 1. The minimum absolute atomic E-state index is 0.372. The van der Waals surface area contributed by atoms with Gasteiger partial charge in [-0.1, -0.05) is 11.8 Å². The van der Waals surface area contributed by atoms with Crippen molar-refractivity contribution in [2.24, 2.45) is 0 Å². The molecule has 4 rings (SSSR count). The molecule has 2 aromatic heterocycles. The van der Waals surface area contributed by atoms with Gasteiger partial charge in [0.15, 0.2) is 5.65 Å². The third kappa shape index (κ3) is 4.55. The van der Waals surface area contributed by atoms with E-state index >= 15 is 0 Å². The van der Waals surface area contributed by atoms with E-state index in [4.69, 9.17) is 9.47 Å². The Labute approximate surface area is 181 Å². The molecule has 0 aliphatic carbocycles. The number of rotatable bonds is 5. The number of H-pyrrole nitrogens is 1. The number of benzene rings is 1. The Bertz CT molecular complexity index is 1180. The molecule has 1 saturated heterocycles. The van der Waals surface area contributed by atoms with Crippen molar-refractivity contribution < 1.29 is 9.47 Å². The van der Waals surface area contributed by atoms with Crippen LogP contribution in [-0.4, -0.2) is 60.1 Å². The summed E-state index contributed by atoms with van der Waals surface area (Å²) in [4.78, 5) is 11.1. The number of aromatic nitrogens is 4. The maximum Gasteiger partial charge on any atom is 0.162 e. The van der Waals surface area contributed by atoms with Crippen LogP contribution in [0, 0.1) is 23.7 Å². The van der Waals surface area contributed by atoms with E-state index in [0.29, 0.717) is 35.4 Å². The summed E-state index contributed by atoms with van der Waals surface area (Å²) in [7, 11) is 3.23. The van der Waals surface area contributed by atoms with Crippen LogP contribution >= 0.6 is 0 Å². The zero-order valence-electron chi connectivity index (χ0n) is 17.8. The van der Waals surface area contributed by atoms with Crippen molar-refractivity contribution in [2.75, 3.05) is 38.8 Å². The molecule has 158 valence electrons. The SMILES string of the molecule is CC#CCN[C@@H]1CCN(c2ncnc3[nH]nc(C#Cc4cc(OC)cc(OC)c4)c23)C1. The van der Waals surface area contributed by atoms with Gasteiger partial charge >= 0.3 is 0 Å². The summed E-state index contributed by atoms with van der Waals surface area (Å²) in [5, 5.41) is 11.7. The van der Waals surface area contributed by atoms with Crippen LogP contribution < -0.4 is 19.7 Å². The number of nitrogens with one attached hydrogen (secondary N) is 2. The van der Waals surface area contributed by atoms with Crippen molar-refractivity contribution in [1.29, 1.82) is 0 Å². The van der Waals surface area contributed by atoms with Crippen molar-refractivity contribution >= 4 is 16.9 Å². The molecule has 0 spiro atoms. The van der Waals surface area contributed by atoms with E-state index in [9.17, 15) is 0 Å². The van der Waals surface area contributed by atoms with Crippen LogP contribution in [0.1, 0.15) is 24.6 Å². The Morgan fingerprint density at radius 1 is 1.16 bits per heavy atom. The van der Waals surface area contributed by atoms with Crippen LogP contribution in [-0.2, 0) is 0 Å². The molecule has 3 aromatic rings. The fourth-order valence-corrected chi connectivity index (χ4v) is 3.59. The van der Waals surface area contributed by atoms with Gasteiger partial charge < -0.3 is 19.7 Å². The predicted molar refractivity (Wildman–Crippen MR) is 119 cm³/mol. The van der Waals surface area contributed by atoms with E-state index < -0.39 is 0 Å². The average Bonchev–Trinajstić information content (AvgIpc) is 3.44. The average molecular weight is 416 g/mol. The first kappa shape index (κ1) is 20.5. The lowest BCUT2D eigenvalue weighted by molar-refractivity contribution is 0.394. The first-order valence-corrected chi connectivity index (χ1v) is 10.0. The topological polar surface area (TPSA) is 88.2 Å². The molecule has 1 aromatic carbocycles. The Kier molecular flexibility index (Phi) is 6.21. The van der Waals surface area contributed by atoms with Crippen LogP contribution in [0.2, 0.25) is 0 Å². The first-order valence-electron chi connectivity index (χ1n) is 10.0. The number of anilines is 1. The monoisotopic (exact) mass is 416 g/mol. The molecule has 3 heterocycles. The number of aromatic amines is 1. The Morgan fingerprint density at radius 3 is 2.71 bits per heavy atom. The van der Waals surface area contributed by atoms with Crippen molar-refractivity contribution in [3.63, 3.8) is 0 Å². The van der Waals surface area contributed by atoms with Gasteiger partial charge in [0.25, 0.3) is 0 Å². The van der Waals surface area contributed by atoms with Gasteiger partial charge in [0.1, 0.15) is 29.3 Å². The van der Waals surface area contributed by atoms with Crippen LogP contribution in [0.5, 0.6) is 11.5 Å². The van der Waals surface area contributed by atoms with Gasteiger partial charge in [0.05, 0.1) is 26.2 Å². The van der Waals surface area contributed by atoms with E-state index in [0.717, 1.165) is 36.3 Å². The molecule has 8 heteroatoms. The van der Waals surface area contributed by atoms with E-state index in [-0.39, 0.29) is 0 Å². The summed E-state index contributed by atoms with van der Waals surface area (Å²) >= 11 is 0. The number of nitrogens with zero attached hydrogens (tertiary/aromatic N) is 4. The zero-order chi connectivity index (χ0) is 21.6. The molecule has 31 heavy (non-hydrogen) atoms. The van der Waals surface area contributed by atoms with Crippen LogP contribution in [0.15, 0.2) is 24.5 Å².